The number of ether oxygens (including phenoxy) is 1. The molecule has 2 aromatic rings. The molecule has 2 aliphatic heterocycles. The number of aryl methyl sites for hydroxylation is 2. The molecule has 0 saturated carbocycles. The van der Waals surface area contributed by atoms with Crippen LogP contribution in [0.25, 0.3) is 0 Å². The van der Waals surface area contributed by atoms with Crippen molar-refractivity contribution >= 4 is 23.0 Å². The summed E-state index contributed by atoms with van der Waals surface area (Å²) in [5.74, 6) is 0.528. The van der Waals surface area contributed by atoms with Gasteiger partial charge in [-0.05, 0) is 32.8 Å². The number of nitrogens with zero attached hydrogens (tertiary/aromatic N) is 5. The summed E-state index contributed by atoms with van der Waals surface area (Å²) in [6, 6.07) is 2.00. The van der Waals surface area contributed by atoms with E-state index in [4.69, 9.17) is 14.6 Å². The van der Waals surface area contributed by atoms with Crippen LogP contribution in [-0.2, 0) is 20.9 Å². The summed E-state index contributed by atoms with van der Waals surface area (Å²) >= 11 is 1.68. The highest BCUT2D eigenvalue weighted by molar-refractivity contribution is 7.10. The summed E-state index contributed by atoms with van der Waals surface area (Å²) in [6.45, 7) is 6.30. The first-order chi connectivity index (χ1) is 14.0. The van der Waals surface area contributed by atoms with Crippen molar-refractivity contribution in [3.63, 3.8) is 0 Å². The summed E-state index contributed by atoms with van der Waals surface area (Å²) in [5, 5.41) is 11.8. The number of amides is 1. The highest BCUT2D eigenvalue weighted by Crippen LogP contribution is 2.31. The van der Waals surface area contributed by atoms with Gasteiger partial charge >= 0.3 is 0 Å². The Bertz CT molecular complexity index is 898. The summed E-state index contributed by atoms with van der Waals surface area (Å²) in [5.41, 5.74) is 3.77. The SMILES string of the molecule is COCC1CC(c2csc(C3CCN(C(=O)Cn4nc(C)cc4C)CC3)n2)=NO1. The van der Waals surface area contributed by atoms with Gasteiger partial charge in [0.05, 0.1) is 23.0 Å². The first-order valence-electron chi connectivity index (χ1n) is 9.99. The average molecular weight is 418 g/mol. The van der Waals surface area contributed by atoms with Gasteiger partial charge in [-0.25, -0.2) is 4.98 Å². The number of hydrogen-bond acceptors (Lipinski definition) is 7. The second-order valence-electron chi connectivity index (χ2n) is 7.74. The van der Waals surface area contributed by atoms with Gasteiger partial charge in [0, 0.05) is 43.6 Å². The molecule has 0 spiro atoms. The Hall–Kier alpha value is -2.26. The Balaban J connectivity index is 1.30. The van der Waals surface area contributed by atoms with Crippen LogP contribution in [0.15, 0.2) is 16.6 Å². The lowest BCUT2D eigenvalue weighted by atomic mass is 9.97. The zero-order valence-corrected chi connectivity index (χ0v) is 17.9. The number of piperidine rings is 1. The predicted molar refractivity (Wildman–Crippen MR) is 110 cm³/mol. The first-order valence-corrected chi connectivity index (χ1v) is 10.9. The molecule has 1 amide bonds. The number of methoxy groups -OCH3 is 1. The Labute approximate surface area is 174 Å². The van der Waals surface area contributed by atoms with E-state index in [0.29, 0.717) is 19.1 Å². The molecule has 1 unspecified atom stereocenters. The lowest BCUT2D eigenvalue weighted by Crippen LogP contribution is -2.40. The molecule has 2 aromatic heterocycles. The molecule has 1 fully saturated rings. The maximum Gasteiger partial charge on any atom is 0.244 e. The van der Waals surface area contributed by atoms with E-state index in [2.05, 4.69) is 15.6 Å². The van der Waals surface area contributed by atoms with Gasteiger partial charge in [0.1, 0.15) is 12.3 Å². The molecule has 0 bridgehead atoms. The maximum atomic E-state index is 12.6. The second kappa shape index (κ2) is 8.62. The minimum atomic E-state index is -0.0170. The minimum absolute atomic E-state index is 0.0170. The lowest BCUT2D eigenvalue weighted by Gasteiger charge is -2.31. The van der Waals surface area contributed by atoms with Crippen molar-refractivity contribution in [2.45, 2.75) is 51.7 Å². The normalized spacial score (nSPS) is 20.0. The number of oxime groups is 1. The second-order valence-corrected chi connectivity index (χ2v) is 8.63. The van der Waals surface area contributed by atoms with Gasteiger partial charge in [0.25, 0.3) is 0 Å². The molecular weight excluding hydrogens is 390 g/mol. The van der Waals surface area contributed by atoms with Crippen molar-refractivity contribution in [2.24, 2.45) is 5.16 Å². The number of hydrogen-bond donors (Lipinski definition) is 0. The standard InChI is InChI=1S/C20H27N5O3S/c1-13-8-14(2)25(22-13)10-19(26)24-6-4-15(5-7-24)20-21-18(12-29-20)17-9-16(11-27-3)28-23-17/h8,12,15-16H,4-7,9-11H2,1-3H3. The molecule has 156 valence electrons. The number of rotatable bonds is 6. The molecule has 1 atom stereocenters. The van der Waals surface area contributed by atoms with Crippen LogP contribution in [0.5, 0.6) is 0 Å². The Morgan fingerprint density at radius 1 is 1.34 bits per heavy atom. The number of carbonyl (C=O) groups excluding carboxylic acids is 1. The van der Waals surface area contributed by atoms with Gasteiger partial charge in [-0.1, -0.05) is 5.16 Å². The third kappa shape index (κ3) is 4.51. The average Bonchev–Trinajstić information content (AvgIpc) is 3.43. The smallest absolute Gasteiger partial charge is 0.244 e. The monoisotopic (exact) mass is 417 g/mol. The summed E-state index contributed by atoms with van der Waals surface area (Å²) in [7, 11) is 1.66. The molecule has 4 heterocycles. The Kier molecular flexibility index (Phi) is 5.96. The van der Waals surface area contributed by atoms with E-state index >= 15 is 0 Å². The zero-order chi connectivity index (χ0) is 20.4. The number of likely N-dealkylation sites (tertiary alicyclic amines) is 1. The quantitative estimate of drug-likeness (QED) is 0.721. The Morgan fingerprint density at radius 2 is 2.14 bits per heavy atom. The van der Waals surface area contributed by atoms with Crippen LogP contribution in [0.1, 0.15) is 47.3 Å². The van der Waals surface area contributed by atoms with Crippen LogP contribution in [0, 0.1) is 13.8 Å². The molecule has 0 aliphatic carbocycles. The zero-order valence-electron chi connectivity index (χ0n) is 17.1. The van der Waals surface area contributed by atoms with E-state index < -0.39 is 0 Å². The van der Waals surface area contributed by atoms with E-state index in [1.807, 2.05) is 24.8 Å². The van der Waals surface area contributed by atoms with Crippen molar-refractivity contribution < 1.29 is 14.4 Å². The molecule has 0 N–H and O–H groups in total. The van der Waals surface area contributed by atoms with E-state index in [1.165, 1.54) is 0 Å². The van der Waals surface area contributed by atoms with E-state index in [1.54, 1.807) is 23.1 Å². The number of thiazole rings is 1. The van der Waals surface area contributed by atoms with Gasteiger partial charge in [-0.15, -0.1) is 11.3 Å². The maximum absolute atomic E-state index is 12.6. The highest BCUT2D eigenvalue weighted by Gasteiger charge is 2.28. The molecular formula is C20H27N5O3S. The van der Waals surface area contributed by atoms with Gasteiger partial charge in [0.2, 0.25) is 5.91 Å². The van der Waals surface area contributed by atoms with E-state index in [0.717, 1.165) is 60.2 Å². The largest absolute Gasteiger partial charge is 0.389 e. The molecule has 4 rings (SSSR count). The van der Waals surface area contributed by atoms with Crippen LogP contribution < -0.4 is 0 Å². The van der Waals surface area contributed by atoms with Crippen molar-refractivity contribution in [2.75, 3.05) is 26.8 Å². The minimum Gasteiger partial charge on any atom is -0.389 e. The van der Waals surface area contributed by atoms with Crippen molar-refractivity contribution in [1.82, 2.24) is 19.7 Å². The first kappa shape index (κ1) is 20.0. The van der Waals surface area contributed by atoms with Gasteiger partial charge in [0.15, 0.2) is 6.10 Å². The summed E-state index contributed by atoms with van der Waals surface area (Å²) in [4.78, 5) is 24.8. The molecule has 1 saturated heterocycles. The van der Waals surface area contributed by atoms with Gasteiger partial charge < -0.3 is 14.5 Å². The molecule has 0 aromatic carbocycles. The van der Waals surface area contributed by atoms with Gasteiger partial charge in [-0.2, -0.15) is 5.10 Å². The summed E-state index contributed by atoms with van der Waals surface area (Å²) < 4.78 is 6.92. The predicted octanol–water partition coefficient (Wildman–Crippen LogP) is 2.50. The molecule has 9 heteroatoms. The Morgan fingerprint density at radius 3 is 2.83 bits per heavy atom. The summed E-state index contributed by atoms with van der Waals surface area (Å²) in [6.07, 6.45) is 2.59. The fourth-order valence-electron chi connectivity index (χ4n) is 3.90. The van der Waals surface area contributed by atoms with Crippen LogP contribution >= 0.6 is 11.3 Å². The highest BCUT2D eigenvalue weighted by atomic mass is 32.1. The molecule has 2 aliphatic rings. The van der Waals surface area contributed by atoms with Crippen molar-refractivity contribution in [1.29, 1.82) is 0 Å². The topological polar surface area (TPSA) is 81.8 Å². The fourth-order valence-corrected chi connectivity index (χ4v) is 4.90. The molecule has 29 heavy (non-hydrogen) atoms. The lowest BCUT2D eigenvalue weighted by molar-refractivity contribution is -0.133. The van der Waals surface area contributed by atoms with Crippen molar-refractivity contribution in [3.05, 3.63) is 33.5 Å². The molecule has 0 radical (unpaired) electrons. The van der Waals surface area contributed by atoms with Crippen LogP contribution in [0.3, 0.4) is 0 Å². The number of aromatic nitrogens is 3. The van der Waals surface area contributed by atoms with E-state index in [9.17, 15) is 4.79 Å². The third-order valence-corrected chi connectivity index (χ3v) is 6.50. The van der Waals surface area contributed by atoms with Crippen LogP contribution in [0.4, 0.5) is 0 Å². The van der Waals surface area contributed by atoms with E-state index in [-0.39, 0.29) is 12.0 Å². The van der Waals surface area contributed by atoms with Crippen molar-refractivity contribution in [3.8, 4) is 0 Å². The molecule has 8 nitrogen and oxygen atoms in total. The van der Waals surface area contributed by atoms with Crippen LogP contribution in [0.2, 0.25) is 0 Å². The van der Waals surface area contributed by atoms with Crippen LogP contribution in [-0.4, -0.2) is 64.2 Å². The fraction of sp³-hybridized carbons (Fsp3) is 0.600. The number of carbonyl (C=O) groups is 1. The third-order valence-electron chi connectivity index (χ3n) is 5.49. The van der Waals surface area contributed by atoms with Gasteiger partial charge in [-0.3, -0.25) is 9.48 Å².